The second kappa shape index (κ2) is 9.92. The van der Waals surface area contributed by atoms with E-state index >= 15 is 0 Å². The number of rotatable bonds is 8. The minimum atomic E-state index is -0.249. The summed E-state index contributed by atoms with van der Waals surface area (Å²) in [7, 11) is 0. The van der Waals surface area contributed by atoms with Gasteiger partial charge in [0.2, 0.25) is 5.91 Å². The van der Waals surface area contributed by atoms with Crippen molar-refractivity contribution in [2.45, 2.75) is 32.5 Å². The van der Waals surface area contributed by atoms with Crippen LogP contribution in [0.3, 0.4) is 0 Å². The molecular formula is C26H28N6O3. The maximum absolute atomic E-state index is 13.0. The van der Waals surface area contributed by atoms with Crippen LogP contribution in [-0.4, -0.2) is 48.1 Å². The lowest BCUT2D eigenvalue weighted by Gasteiger charge is -2.29. The number of aromatic hydroxyl groups is 1. The molecule has 4 aromatic rings. The maximum Gasteiger partial charge on any atom is 0.327 e. The highest BCUT2D eigenvalue weighted by atomic mass is 16.3. The van der Waals surface area contributed by atoms with Gasteiger partial charge in [-0.2, -0.15) is 0 Å². The Balaban J connectivity index is 1.33. The second-order valence-corrected chi connectivity index (χ2v) is 8.69. The number of aryl methyl sites for hydroxylation is 1. The normalized spacial score (nSPS) is 13.0. The zero-order valence-electron chi connectivity index (χ0n) is 19.4. The number of carbonyl (C=O) groups excluding carboxylic acids is 1. The Labute approximate surface area is 202 Å². The lowest BCUT2D eigenvalue weighted by atomic mass is 10.00. The molecule has 0 atom stereocenters. The summed E-state index contributed by atoms with van der Waals surface area (Å²) in [6.07, 6.45) is 6.93. The first kappa shape index (κ1) is 22.5. The zero-order chi connectivity index (χ0) is 24.2. The molecule has 1 aliphatic heterocycles. The molecule has 0 bridgehead atoms. The first-order chi connectivity index (χ1) is 17.1. The summed E-state index contributed by atoms with van der Waals surface area (Å²) in [5.74, 6) is 0.618. The molecule has 5 rings (SSSR count). The number of aromatic nitrogens is 4. The number of phenolic OH excluding ortho intramolecular Hbond substituents is 1. The molecule has 0 fully saturated rings. The van der Waals surface area contributed by atoms with E-state index in [1.165, 1.54) is 11.1 Å². The van der Waals surface area contributed by atoms with Gasteiger partial charge in [0.1, 0.15) is 11.6 Å². The van der Waals surface area contributed by atoms with Crippen molar-refractivity contribution >= 4 is 11.7 Å². The molecule has 180 valence electrons. The summed E-state index contributed by atoms with van der Waals surface area (Å²) in [5.41, 5.74) is 3.65. The Morgan fingerprint density at radius 3 is 2.66 bits per heavy atom. The van der Waals surface area contributed by atoms with E-state index in [0.717, 1.165) is 24.9 Å². The van der Waals surface area contributed by atoms with Gasteiger partial charge in [-0.3, -0.25) is 14.3 Å². The van der Waals surface area contributed by atoms with Crippen molar-refractivity contribution in [3.63, 3.8) is 0 Å². The molecule has 3 N–H and O–H groups in total. The summed E-state index contributed by atoms with van der Waals surface area (Å²) >= 11 is 0. The number of aromatic amines is 1. The molecule has 0 saturated carbocycles. The summed E-state index contributed by atoms with van der Waals surface area (Å²) < 4.78 is 3.64. The molecule has 9 nitrogen and oxygen atoms in total. The number of imidazole rings is 2. The predicted molar refractivity (Wildman–Crippen MR) is 133 cm³/mol. The van der Waals surface area contributed by atoms with Gasteiger partial charge in [0.05, 0.1) is 18.6 Å². The molecule has 35 heavy (non-hydrogen) atoms. The summed E-state index contributed by atoms with van der Waals surface area (Å²) in [6.45, 7) is 2.55. The molecule has 0 saturated heterocycles. The van der Waals surface area contributed by atoms with Gasteiger partial charge in [0.25, 0.3) is 0 Å². The van der Waals surface area contributed by atoms with Crippen molar-refractivity contribution in [3.8, 4) is 17.0 Å². The number of nitrogens with one attached hydrogen (secondary N) is 2. The van der Waals surface area contributed by atoms with Gasteiger partial charge in [-0.15, -0.1) is 0 Å². The summed E-state index contributed by atoms with van der Waals surface area (Å²) in [5, 5.41) is 12.9. The number of nitrogens with zero attached hydrogens (tertiary/aromatic N) is 4. The van der Waals surface area contributed by atoms with E-state index in [1.807, 2.05) is 27.8 Å². The van der Waals surface area contributed by atoms with Crippen LogP contribution >= 0.6 is 0 Å². The highest BCUT2D eigenvalue weighted by Gasteiger charge is 2.22. The monoisotopic (exact) mass is 472 g/mol. The number of phenols is 1. The summed E-state index contributed by atoms with van der Waals surface area (Å²) in [4.78, 5) is 34.7. The number of H-pyrrole nitrogens is 1. The highest BCUT2D eigenvalue weighted by molar-refractivity contribution is 5.83. The van der Waals surface area contributed by atoms with Gasteiger partial charge in [0, 0.05) is 44.1 Å². The Morgan fingerprint density at radius 2 is 1.89 bits per heavy atom. The van der Waals surface area contributed by atoms with Crippen molar-refractivity contribution in [2.24, 2.45) is 0 Å². The van der Waals surface area contributed by atoms with Crippen LogP contribution in [0.4, 0.5) is 5.82 Å². The lowest BCUT2D eigenvalue weighted by molar-refractivity contribution is -0.130. The SMILES string of the molecule is O=C(CNc1[nH]c(=O)n(CCCn2ccnc2)c1-c1ccc(O)cc1)N1CCc2ccccc2C1. The predicted octanol–water partition coefficient (Wildman–Crippen LogP) is 2.83. The summed E-state index contributed by atoms with van der Waals surface area (Å²) in [6, 6.07) is 14.9. The third-order valence-electron chi connectivity index (χ3n) is 6.38. The number of hydrogen-bond acceptors (Lipinski definition) is 5. The van der Waals surface area contributed by atoms with E-state index < -0.39 is 0 Å². The van der Waals surface area contributed by atoms with Crippen molar-refractivity contribution in [3.05, 3.63) is 88.9 Å². The van der Waals surface area contributed by atoms with Crippen LogP contribution in [0, 0.1) is 0 Å². The average Bonchev–Trinajstić information content (AvgIpc) is 3.51. The van der Waals surface area contributed by atoms with Crippen LogP contribution in [0.15, 0.2) is 72.0 Å². The molecule has 1 aliphatic rings. The van der Waals surface area contributed by atoms with Gasteiger partial charge >= 0.3 is 5.69 Å². The third-order valence-corrected chi connectivity index (χ3v) is 6.38. The van der Waals surface area contributed by atoms with Crippen LogP contribution in [0.5, 0.6) is 5.75 Å². The minimum absolute atomic E-state index is 0.0233. The van der Waals surface area contributed by atoms with Crippen molar-refractivity contribution < 1.29 is 9.90 Å². The number of fused-ring (bicyclic) bond motifs is 1. The average molecular weight is 473 g/mol. The van der Waals surface area contributed by atoms with Crippen LogP contribution in [0.25, 0.3) is 11.3 Å². The van der Waals surface area contributed by atoms with Crippen molar-refractivity contribution in [1.82, 2.24) is 24.0 Å². The van der Waals surface area contributed by atoms with Gasteiger partial charge in [-0.1, -0.05) is 24.3 Å². The molecule has 0 aliphatic carbocycles. The Bertz CT molecular complexity index is 1350. The standard InChI is InChI=1S/C26H28N6O3/c33-22-8-6-20(7-9-22)24-25(29-26(35)32(24)13-3-12-30-15-11-27-18-30)28-16-23(34)31-14-10-19-4-1-2-5-21(19)17-31/h1-2,4-9,11,15,18,28,33H,3,10,12-14,16-17H2,(H,29,35). The topological polar surface area (TPSA) is 108 Å². The molecule has 2 aromatic heterocycles. The number of amides is 1. The Kier molecular flexibility index (Phi) is 6.38. The Morgan fingerprint density at radius 1 is 1.09 bits per heavy atom. The van der Waals surface area contributed by atoms with Crippen molar-refractivity contribution in [1.29, 1.82) is 0 Å². The van der Waals surface area contributed by atoms with E-state index in [-0.39, 0.29) is 23.9 Å². The molecule has 0 unspecified atom stereocenters. The number of anilines is 1. The fourth-order valence-corrected chi connectivity index (χ4v) is 4.55. The molecule has 1 amide bonds. The quantitative estimate of drug-likeness (QED) is 0.366. The van der Waals surface area contributed by atoms with Crippen LogP contribution in [-0.2, 0) is 30.8 Å². The van der Waals surface area contributed by atoms with E-state index in [4.69, 9.17) is 0 Å². The van der Waals surface area contributed by atoms with Gasteiger partial charge < -0.3 is 19.9 Å². The fourth-order valence-electron chi connectivity index (χ4n) is 4.55. The first-order valence-corrected chi connectivity index (χ1v) is 11.7. The van der Waals surface area contributed by atoms with E-state index in [0.29, 0.717) is 31.1 Å². The van der Waals surface area contributed by atoms with Crippen LogP contribution in [0.1, 0.15) is 17.5 Å². The molecular weight excluding hydrogens is 444 g/mol. The molecule has 3 heterocycles. The first-order valence-electron chi connectivity index (χ1n) is 11.7. The van der Waals surface area contributed by atoms with E-state index in [2.05, 4.69) is 27.4 Å². The molecule has 9 heteroatoms. The van der Waals surface area contributed by atoms with Gasteiger partial charge in [-0.05, 0) is 48.2 Å². The number of benzene rings is 2. The third kappa shape index (κ3) is 4.98. The Hall–Kier alpha value is -4.27. The van der Waals surface area contributed by atoms with E-state index in [9.17, 15) is 14.7 Å². The van der Waals surface area contributed by atoms with Gasteiger partial charge in [0.15, 0.2) is 0 Å². The highest BCUT2D eigenvalue weighted by Crippen LogP contribution is 2.28. The maximum atomic E-state index is 13.0. The zero-order valence-corrected chi connectivity index (χ0v) is 19.4. The molecule has 0 radical (unpaired) electrons. The lowest BCUT2D eigenvalue weighted by Crippen LogP contribution is -2.39. The largest absolute Gasteiger partial charge is 0.508 e. The van der Waals surface area contributed by atoms with E-state index in [1.54, 1.807) is 41.4 Å². The van der Waals surface area contributed by atoms with Gasteiger partial charge in [-0.25, -0.2) is 9.78 Å². The van der Waals surface area contributed by atoms with Crippen LogP contribution < -0.4 is 11.0 Å². The number of carbonyl (C=O) groups is 1. The smallest absolute Gasteiger partial charge is 0.327 e. The molecule has 0 spiro atoms. The second-order valence-electron chi connectivity index (χ2n) is 8.69. The number of hydrogen-bond donors (Lipinski definition) is 3. The minimum Gasteiger partial charge on any atom is -0.508 e. The fraction of sp³-hybridized carbons (Fsp3) is 0.269. The molecule has 2 aromatic carbocycles. The van der Waals surface area contributed by atoms with Crippen molar-refractivity contribution in [2.75, 3.05) is 18.4 Å². The van der Waals surface area contributed by atoms with Crippen LogP contribution in [0.2, 0.25) is 0 Å².